The second-order valence-corrected chi connectivity index (χ2v) is 7.83. The fourth-order valence-corrected chi connectivity index (χ4v) is 3.60. The molecule has 31 heavy (non-hydrogen) atoms. The summed E-state index contributed by atoms with van der Waals surface area (Å²) in [6.45, 7) is 3.85. The Balaban J connectivity index is 1.44. The Morgan fingerprint density at radius 3 is 2.87 bits per heavy atom. The van der Waals surface area contributed by atoms with E-state index in [2.05, 4.69) is 20.8 Å². The van der Waals surface area contributed by atoms with Gasteiger partial charge in [0.2, 0.25) is 11.8 Å². The molecule has 0 saturated carbocycles. The Kier molecular flexibility index (Phi) is 5.45. The van der Waals surface area contributed by atoms with E-state index in [-0.39, 0.29) is 30.4 Å². The van der Waals surface area contributed by atoms with Crippen LogP contribution in [0.2, 0.25) is 0 Å². The van der Waals surface area contributed by atoms with Crippen LogP contribution in [0.5, 0.6) is 5.75 Å². The highest BCUT2D eigenvalue weighted by Gasteiger charge is 2.31. The fourth-order valence-electron chi connectivity index (χ4n) is 3.60. The van der Waals surface area contributed by atoms with E-state index in [0.717, 1.165) is 10.9 Å². The van der Waals surface area contributed by atoms with Crippen molar-refractivity contribution in [3.63, 3.8) is 0 Å². The van der Waals surface area contributed by atoms with Crippen molar-refractivity contribution >= 4 is 34.3 Å². The Morgan fingerprint density at radius 2 is 2.16 bits per heavy atom. The molecular formula is C21H24N6O4. The Hall–Kier alpha value is -3.69. The van der Waals surface area contributed by atoms with E-state index in [0.29, 0.717) is 30.0 Å². The molecule has 1 fully saturated rings. The number of amides is 3. The zero-order valence-corrected chi connectivity index (χ0v) is 17.6. The van der Waals surface area contributed by atoms with Gasteiger partial charge in [0, 0.05) is 37.2 Å². The van der Waals surface area contributed by atoms with Crippen molar-refractivity contribution in [1.29, 1.82) is 0 Å². The minimum atomic E-state index is -0.467. The van der Waals surface area contributed by atoms with E-state index in [1.807, 2.05) is 19.9 Å². The summed E-state index contributed by atoms with van der Waals surface area (Å²) in [7, 11) is 1.78. The van der Waals surface area contributed by atoms with Crippen molar-refractivity contribution in [3.8, 4) is 5.75 Å². The van der Waals surface area contributed by atoms with Gasteiger partial charge in [-0.3, -0.25) is 29.1 Å². The monoisotopic (exact) mass is 424 g/mol. The molecule has 1 atom stereocenters. The first-order chi connectivity index (χ1) is 14.8. The van der Waals surface area contributed by atoms with Crippen LogP contribution >= 0.6 is 0 Å². The van der Waals surface area contributed by atoms with Crippen LogP contribution in [0.25, 0.3) is 10.9 Å². The van der Waals surface area contributed by atoms with Gasteiger partial charge in [0.05, 0.1) is 29.0 Å². The van der Waals surface area contributed by atoms with Gasteiger partial charge in [-0.05, 0) is 32.4 Å². The maximum Gasteiger partial charge on any atom is 0.262 e. The Labute approximate surface area is 178 Å². The molecule has 1 aromatic carbocycles. The lowest BCUT2D eigenvalue weighted by Gasteiger charge is -2.19. The number of carbonyl (C=O) groups excluding carboxylic acids is 3. The van der Waals surface area contributed by atoms with Gasteiger partial charge in [0.25, 0.3) is 5.91 Å². The van der Waals surface area contributed by atoms with Gasteiger partial charge in [0.15, 0.2) is 6.61 Å². The lowest BCUT2D eigenvalue weighted by molar-refractivity contribution is -0.134. The minimum Gasteiger partial charge on any atom is -0.484 e. The molecule has 1 unspecified atom stereocenters. The number of aryl methyl sites for hydroxylation is 1. The lowest BCUT2D eigenvalue weighted by Crippen LogP contribution is -2.39. The van der Waals surface area contributed by atoms with E-state index in [4.69, 9.17) is 4.74 Å². The lowest BCUT2D eigenvalue weighted by atomic mass is 9.93. The van der Waals surface area contributed by atoms with E-state index in [9.17, 15) is 14.4 Å². The summed E-state index contributed by atoms with van der Waals surface area (Å²) >= 11 is 0. The average Bonchev–Trinajstić information content (AvgIpc) is 3.31. The second kappa shape index (κ2) is 8.21. The molecule has 162 valence electrons. The van der Waals surface area contributed by atoms with Crippen LogP contribution in [-0.2, 0) is 21.4 Å². The molecule has 1 aliphatic heterocycles. The fraction of sp³-hybridized carbons (Fsp3) is 0.381. The molecule has 0 bridgehead atoms. The highest BCUT2D eigenvalue weighted by atomic mass is 16.5. The smallest absolute Gasteiger partial charge is 0.262 e. The molecule has 3 heterocycles. The summed E-state index contributed by atoms with van der Waals surface area (Å²) in [4.78, 5) is 35.9. The Bertz CT molecular complexity index is 1160. The molecule has 3 amide bonds. The number of nitrogens with one attached hydrogen (secondary N) is 2. The van der Waals surface area contributed by atoms with Crippen LogP contribution in [0, 0.1) is 0 Å². The zero-order valence-electron chi connectivity index (χ0n) is 17.6. The summed E-state index contributed by atoms with van der Waals surface area (Å²) in [6.07, 6.45) is 4.08. The number of carbonyl (C=O) groups is 3. The predicted molar refractivity (Wildman–Crippen MR) is 113 cm³/mol. The number of hydrogen-bond acceptors (Lipinski definition) is 6. The molecule has 2 aromatic heterocycles. The van der Waals surface area contributed by atoms with Gasteiger partial charge in [-0.15, -0.1) is 0 Å². The summed E-state index contributed by atoms with van der Waals surface area (Å²) in [5.41, 5.74) is 2.02. The van der Waals surface area contributed by atoms with Crippen molar-refractivity contribution < 1.29 is 19.1 Å². The third-order valence-electron chi connectivity index (χ3n) is 5.21. The van der Waals surface area contributed by atoms with E-state index >= 15 is 0 Å². The molecule has 1 saturated heterocycles. The molecule has 0 radical (unpaired) electrons. The van der Waals surface area contributed by atoms with Crippen LogP contribution in [0.3, 0.4) is 0 Å². The summed E-state index contributed by atoms with van der Waals surface area (Å²) in [6, 6.07) is 5.55. The molecule has 1 aliphatic rings. The zero-order chi connectivity index (χ0) is 22.1. The molecule has 3 aromatic rings. The minimum absolute atomic E-state index is 0.157. The third-order valence-corrected chi connectivity index (χ3v) is 5.21. The van der Waals surface area contributed by atoms with Gasteiger partial charge in [-0.1, -0.05) is 0 Å². The normalized spacial score (nSPS) is 16.6. The molecule has 2 N–H and O–H groups in total. The third kappa shape index (κ3) is 4.27. The van der Waals surface area contributed by atoms with Crippen LogP contribution < -0.4 is 15.4 Å². The summed E-state index contributed by atoms with van der Waals surface area (Å²) in [5, 5.41) is 14.6. The number of anilines is 1. The first-order valence-corrected chi connectivity index (χ1v) is 10.1. The quantitative estimate of drug-likeness (QED) is 0.583. The molecule has 0 aliphatic carbocycles. The average molecular weight is 424 g/mol. The number of hydrogen-bond donors (Lipinski definition) is 2. The van der Waals surface area contributed by atoms with E-state index < -0.39 is 5.92 Å². The van der Waals surface area contributed by atoms with Gasteiger partial charge < -0.3 is 10.1 Å². The largest absolute Gasteiger partial charge is 0.484 e. The predicted octanol–water partition coefficient (Wildman–Crippen LogP) is 1.89. The van der Waals surface area contributed by atoms with Gasteiger partial charge in [-0.25, -0.2) is 0 Å². The van der Waals surface area contributed by atoms with Gasteiger partial charge >= 0.3 is 0 Å². The number of benzene rings is 1. The number of imide groups is 1. The number of ether oxygens (including phenoxy) is 1. The van der Waals surface area contributed by atoms with Crippen molar-refractivity contribution in [1.82, 2.24) is 24.9 Å². The highest BCUT2D eigenvalue weighted by Crippen LogP contribution is 2.31. The van der Waals surface area contributed by atoms with Gasteiger partial charge in [0.1, 0.15) is 5.75 Å². The molecule has 10 nitrogen and oxygen atoms in total. The number of rotatable bonds is 6. The number of aromatic nitrogens is 4. The first-order valence-electron chi connectivity index (χ1n) is 10.1. The Morgan fingerprint density at radius 1 is 1.35 bits per heavy atom. The maximum atomic E-state index is 12.2. The van der Waals surface area contributed by atoms with Gasteiger partial charge in [-0.2, -0.15) is 10.2 Å². The molecule has 0 spiro atoms. The molecule has 10 heteroatoms. The topological polar surface area (TPSA) is 120 Å². The first kappa shape index (κ1) is 20.6. The SMILES string of the molecule is CC(C)n1cc(NC(=O)COc2ccc3c(C4CCC(=O)NC4=O)nn(C)c3c2)cn1. The summed E-state index contributed by atoms with van der Waals surface area (Å²) < 4.78 is 9.07. The van der Waals surface area contributed by atoms with Crippen molar-refractivity contribution in [2.45, 2.75) is 38.6 Å². The van der Waals surface area contributed by atoms with Crippen molar-refractivity contribution in [2.75, 3.05) is 11.9 Å². The van der Waals surface area contributed by atoms with Crippen LogP contribution in [0.4, 0.5) is 5.69 Å². The van der Waals surface area contributed by atoms with Crippen molar-refractivity contribution in [3.05, 3.63) is 36.3 Å². The van der Waals surface area contributed by atoms with Crippen LogP contribution in [-0.4, -0.2) is 43.9 Å². The molecular weight excluding hydrogens is 400 g/mol. The summed E-state index contributed by atoms with van der Waals surface area (Å²) in [5.74, 6) is -0.831. The molecule has 4 rings (SSSR count). The maximum absolute atomic E-state index is 12.2. The van der Waals surface area contributed by atoms with Crippen LogP contribution in [0.15, 0.2) is 30.6 Å². The number of fused-ring (bicyclic) bond motifs is 1. The number of nitrogens with zero attached hydrogens (tertiary/aromatic N) is 4. The number of piperidine rings is 1. The standard InChI is InChI=1S/C21H24N6O4/c1-12(2)27-10-13(9-22-27)23-19(29)11-31-14-4-5-15-17(8-14)26(3)25-20(15)16-6-7-18(28)24-21(16)30/h4-5,8-10,12,16H,6-7,11H2,1-3H3,(H,23,29)(H,24,28,30). The van der Waals surface area contributed by atoms with E-state index in [1.54, 1.807) is 40.9 Å². The van der Waals surface area contributed by atoms with Crippen molar-refractivity contribution in [2.24, 2.45) is 7.05 Å². The second-order valence-electron chi connectivity index (χ2n) is 7.83. The highest BCUT2D eigenvalue weighted by molar-refractivity contribution is 6.02. The van der Waals surface area contributed by atoms with Crippen LogP contribution in [0.1, 0.15) is 44.3 Å². The van der Waals surface area contributed by atoms with E-state index in [1.165, 1.54) is 0 Å².